The Bertz CT molecular complexity index is 531. The van der Waals surface area contributed by atoms with Gasteiger partial charge in [0, 0.05) is 43.3 Å². The van der Waals surface area contributed by atoms with Crippen molar-refractivity contribution in [3.8, 4) is 0 Å². The summed E-state index contributed by atoms with van der Waals surface area (Å²) in [5, 5.41) is 0. The van der Waals surface area contributed by atoms with Gasteiger partial charge in [-0.05, 0) is 51.0 Å². The summed E-state index contributed by atoms with van der Waals surface area (Å²) in [5.74, 6) is 0.237. The van der Waals surface area contributed by atoms with E-state index in [1.807, 2.05) is 25.8 Å². The van der Waals surface area contributed by atoms with E-state index >= 15 is 0 Å². The topological polar surface area (TPSA) is 66.6 Å². The average molecular weight is 303 g/mol. The number of carbonyl (C=O) groups is 2. The zero-order chi connectivity index (χ0) is 16.3. The average Bonchev–Trinajstić information content (AvgIpc) is 2.53. The predicted octanol–water partition coefficient (Wildman–Crippen LogP) is 1.99. The summed E-state index contributed by atoms with van der Waals surface area (Å²) in [6.07, 6.45) is 1.47. The van der Waals surface area contributed by atoms with Gasteiger partial charge in [-0.2, -0.15) is 0 Å². The number of likely N-dealkylation sites (tertiary alicyclic amines) is 1. The van der Waals surface area contributed by atoms with Crippen LogP contribution in [0.2, 0.25) is 0 Å². The Kier molecular flexibility index (Phi) is 5.06. The molecule has 5 heteroatoms. The molecule has 0 bridgehead atoms. The lowest BCUT2D eigenvalue weighted by atomic mass is 9.94. The van der Waals surface area contributed by atoms with Crippen LogP contribution in [0.4, 0.5) is 5.69 Å². The van der Waals surface area contributed by atoms with Crippen LogP contribution in [-0.4, -0.2) is 47.8 Å². The molecule has 0 atom stereocenters. The molecule has 2 amide bonds. The summed E-state index contributed by atoms with van der Waals surface area (Å²) in [7, 11) is 1.85. The fourth-order valence-corrected chi connectivity index (χ4v) is 2.68. The molecule has 1 fully saturated rings. The van der Waals surface area contributed by atoms with E-state index in [4.69, 9.17) is 5.73 Å². The fraction of sp³-hybridized carbons (Fsp3) is 0.529. The van der Waals surface area contributed by atoms with Gasteiger partial charge in [0.1, 0.15) is 0 Å². The first-order chi connectivity index (χ1) is 10.4. The van der Waals surface area contributed by atoms with Crippen molar-refractivity contribution in [1.29, 1.82) is 0 Å². The Morgan fingerprint density at radius 3 is 2.23 bits per heavy atom. The lowest BCUT2D eigenvalue weighted by Crippen LogP contribution is -2.45. The Morgan fingerprint density at radius 1 is 1.18 bits per heavy atom. The van der Waals surface area contributed by atoms with Crippen LogP contribution in [0.25, 0.3) is 0 Å². The molecule has 1 aromatic rings. The van der Waals surface area contributed by atoms with Gasteiger partial charge in [-0.15, -0.1) is 0 Å². The Balaban J connectivity index is 1.93. The van der Waals surface area contributed by atoms with Gasteiger partial charge in [-0.3, -0.25) is 9.59 Å². The van der Waals surface area contributed by atoms with Gasteiger partial charge in [0.2, 0.25) is 5.91 Å². The van der Waals surface area contributed by atoms with Gasteiger partial charge in [0.15, 0.2) is 0 Å². The number of nitrogens with zero attached hydrogens (tertiary/aromatic N) is 2. The van der Waals surface area contributed by atoms with E-state index in [0.717, 1.165) is 12.8 Å². The number of rotatable bonds is 3. The molecule has 0 spiro atoms. The standard InChI is InChI=1S/C17H25N3O2/c1-12(2)19(3)16(21)14-8-10-20(11-9-14)17(22)13-4-6-15(18)7-5-13/h4-7,12,14H,8-11,18H2,1-3H3. The molecule has 2 rings (SSSR count). The molecule has 0 aliphatic carbocycles. The number of nitrogens with two attached hydrogens (primary N) is 1. The molecule has 2 N–H and O–H groups in total. The SMILES string of the molecule is CC(C)N(C)C(=O)C1CCN(C(=O)c2ccc(N)cc2)CC1. The third-order valence-electron chi connectivity index (χ3n) is 4.41. The van der Waals surface area contributed by atoms with Gasteiger partial charge in [-0.1, -0.05) is 0 Å². The second-order valence-corrected chi connectivity index (χ2v) is 6.23. The minimum absolute atomic E-state index is 0.0168. The first-order valence-corrected chi connectivity index (χ1v) is 7.81. The highest BCUT2D eigenvalue weighted by Crippen LogP contribution is 2.21. The molecule has 0 aromatic heterocycles. The highest BCUT2D eigenvalue weighted by Gasteiger charge is 2.30. The van der Waals surface area contributed by atoms with Crippen LogP contribution in [0, 0.1) is 5.92 Å². The Hall–Kier alpha value is -2.04. The van der Waals surface area contributed by atoms with Crippen molar-refractivity contribution in [2.24, 2.45) is 5.92 Å². The van der Waals surface area contributed by atoms with Crippen LogP contribution in [0.5, 0.6) is 0 Å². The summed E-state index contributed by atoms with van der Waals surface area (Å²) >= 11 is 0. The number of hydrogen-bond donors (Lipinski definition) is 1. The second-order valence-electron chi connectivity index (χ2n) is 6.23. The third kappa shape index (κ3) is 3.59. The number of hydrogen-bond acceptors (Lipinski definition) is 3. The molecule has 1 aliphatic heterocycles. The lowest BCUT2D eigenvalue weighted by molar-refractivity contribution is -0.137. The number of carbonyl (C=O) groups excluding carboxylic acids is 2. The zero-order valence-electron chi connectivity index (χ0n) is 13.6. The zero-order valence-corrected chi connectivity index (χ0v) is 13.6. The summed E-state index contributed by atoms with van der Waals surface area (Å²) in [5.41, 5.74) is 6.94. The van der Waals surface area contributed by atoms with E-state index in [9.17, 15) is 9.59 Å². The molecule has 120 valence electrons. The van der Waals surface area contributed by atoms with E-state index in [1.54, 1.807) is 29.2 Å². The van der Waals surface area contributed by atoms with E-state index in [1.165, 1.54) is 0 Å². The van der Waals surface area contributed by atoms with E-state index in [0.29, 0.717) is 24.3 Å². The number of piperidine rings is 1. The first-order valence-electron chi connectivity index (χ1n) is 7.81. The summed E-state index contributed by atoms with van der Waals surface area (Å²) < 4.78 is 0. The molecular formula is C17H25N3O2. The summed E-state index contributed by atoms with van der Waals surface area (Å²) in [6.45, 7) is 5.28. The Labute approximate surface area is 132 Å². The summed E-state index contributed by atoms with van der Waals surface area (Å²) in [6, 6.07) is 7.19. The van der Waals surface area contributed by atoms with Gasteiger partial charge < -0.3 is 15.5 Å². The van der Waals surface area contributed by atoms with Gasteiger partial charge in [-0.25, -0.2) is 0 Å². The lowest BCUT2D eigenvalue weighted by Gasteiger charge is -2.34. The molecule has 1 saturated heterocycles. The van der Waals surface area contributed by atoms with E-state index < -0.39 is 0 Å². The van der Waals surface area contributed by atoms with Gasteiger partial charge in [0.25, 0.3) is 5.91 Å². The van der Waals surface area contributed by atoms with Crippen molar-refractivity contribution < 1.29 is 9.59 Å². The van der Waals surface area contributed by atoms with Crippen molar-refractivity contribution >= 4 is 17.5 Å². The maximum Gasteiger partial charge on any atom is 0.253 e. The minimum Gasteiger partial charge on any atom is -0.399 e. The van der Waals surface area contributed by atoms with Gasteiger partial charge >= 0.3 is 0 Å². The van der Waals surface area contributed by atoms with Crippen LogP contribution >= 0.6 is 0 Å². The number of nitrogen functional groups attached to an aromatic ring is 1. The maximum atomic E-state index is 12.4. The largest absolute Gasteiger partial charge is 0.399 e. The third-order valence-corrected chi connectivity index (χ3v) is 4.41. The van der Waals surface area contributed by atoms with Crippen molar-refractivity contribution in [3.63, 3.8) is 0 Å². The molecule has 0 radical (unpaired) electrons. The van der Waals surface area contributed by atoms with Crippen molar-refractivity contribution in [1.82, 2.24) is 9.80 Å². The summed E-state index contributed by atoms with van der Waals surface area (Å²) in [4.78, 5) is 28.4. The van der Waals surface area contributed by atoms with Crippen molar-refractivity contribution in [3.05, 3.63) is 29.8 Å². The fourth-order valence-electron chi connectivity index (χ4n) is 2.68. The Morgan fingerprint density at radius 2 is 1.73 bits per heavy atom. The van der Waals surface area contributed by atoms with Crippen molar-refractivity contribution in [2.45, 2.75) is 32.7 Å². The van der Waals surface area contributed by atoms with Gasteiger partial charge in [0.05, 0.1) is 0 Å². The molecule has 5 nitrogen and oxygen atoms in total. The van der Waals surface area contributed by atoms with Crippen LogP contribution in [0.1, 0.15) is 37.0 Å². The van der Waals surface area contributed by atoms with Crippen LogP contribution in [0.3, 0.4) is 0 Å². The molecule has 1 aromatic carbocycles. The monoisotopic (exact) mass is 303 g/mol. The number of anilines is 1. The minimum atomic E-state index is 0.0168. The normalized spacial score (nSPS) is 15.9. The highest BCUT2D eigenvalue weighted by atomic mass is 16.2. The van der Waals surface area contributed by atoms with Crippen molar-refractivity contribution in [2.75, 3.05) is 25.9 Å². The number of benzene rings is 1. The second kappa shape index (κ2) is 6.81. The van der Waals surface area contributed by atoms with Crippen LogP contribution in [-0.2, 0) is 4.79 Å². The molecular weight excluding hydrogens is 278 g/mol. The van der Waals surface area contributed by atoms with Crippen LogP contribution < -0.4 is 5.73 Å². The quantitative estimate of drug-likeness (QED) is 0.868. The number of amides is 2. The molecule has 0 saturated carbocycles. The molecule has 0 unspecified atom stereocenters. The predicted molar refractivity (Wildman–Crippen MR) is 87.4 cm³/mol. The van der Waals surface area contributed by atoms with E-state index in [2.05, 4.69) is 0 Å². The van der Waals surface area contributed by atoms with Crippen LogP contribution in [0.15, 0.2) is 24.3 Å². The molecule has 1 heterocycles. The first kappa shape index (κ1) is 16.3. The highest BCUT2D eigenvalue weighted by molar-refractivity contribution is 5.94. The molecule has 1 aliphatic rings. The maximum absolute atomic E-state index is 12.4. The molecule has 22 heavy (non-hydrogen) atoms. The smallest absolute Gasteiger partial charge is 0.253 e. The van der Waals surface area contributed by atoms with E-state index in [-0.39, 0.29) is 23.8 Å².